The van der Waals surface area contributed by atoms with Gasteiger partial charge in [-0.05, 0) is 60.5 Å². The normalized spacial score (nSPS) is 11.9. The Morgan fingerprint density at radius 2 is 1.63 bits per heavy atom. The average Bonchev–Trinajstić information content (AvgIpc) is 3.06. The number of H-pyrrole nitrogens is 1. The monoisotopic (exact) mass is 418 g/mol. The molecule has 1 aromatic heterocycles. The first-order chi connectivity index (χ1) is 14.5. The maximum Gasteiger partial charge on any atom is 0.198 e. The second kappa shape index (κ2) is 8.61. The zero-order valence-corrected chi connectivity index (χ0v) is 17.4. The lowest BCUT2D eigenvalue weighted by molar-refractivity contribution is 0.457. The molecule has 0 fully saturated rings. The maximum absolute atomic E-state index is 10.3. The summed E-state index contributed by atoms with van der Waals surface area (Å²) in [4.78, 5) is 7.66. The van der Waals surface area contributed by atoms with Crippen LogP contribution in [0.5, 0.6) is 5.88 Å². The van der Waals surface area contributed by atoms with Crippen LogP contribution in [0.25, 0.3) is 10.9 Å². The van der Waals surface area contributed by atoms with Gasteiger partial charge in [-0.25, -0.2) is 0 Å². The molecule has 5 nitrogen and oxygen atoms in total. The molecule has 1 heterocycles. The molecule has 0 bridgehead atoms. The SMILES string of the molecule is CC(=Nc1ccc(CNCc2ccc(Cl)cc2)cc1)c1c(O)[nH]c2ccc(N)cc12. The Labute approximate surface area is 180 Å². The molecule has 0 amide bonds. The van der Waals surface area contributed by atoms with E-state index in [2.05, 4.69) is 15.3 Å². The number of nitrogen functional groups attached to an aromatic ring is 1. The first-order valence-electron chi connectivity index (χ1n) is 9.69. The van der Waals surface area contributed by atoms with Gasteiger partial charge in [0.2, 0.25) is 0 Å². The molecule has 152 valence electrons. The molecule has 30 heavy (non-hydrogen) atoms. The van der Waals surface area contributed by atoms with E-state index >= 15 is 0 Å². The molecule has 0 radical (unpaired) electrons. The third kappa shape index (κ3) is 4.48. The molecule has 0 aliphatic heterocycles. The molecule has 4 rings (SSSR count). The number of nitrogens with zero attached hydrogens (tertiary/aromatic N) is 1. The van der Waals surface area contributed by atoms with Gasteiger partial charge in [0, 0.05) is 34.7 Å². The Morgan fingerprint density at radius 1 is 1.00 bits per heavy atom. The largest absolute Gasteiger partial charge is 0.494 e. The van der Waals surface area contributed by atoms with Crippen molar-refractivity contribution in [1.82, 2.24) is 10.3 Å². The lowest BCUT2D eigenvalue weighted by Gasteiger charge is -2.06. The van der Waals surface area contributed by atoms with Crippen molar-refractivity contribution in [1.29, 1.82) is 0 Å². The zero-order chi connectivity index (χ0) is 21.1. The fourth-order valence-electron chi connectivity index (χ4n) is 3.45. The van der Waals surface area contributed by atoms with Crippen molar-refractivity contribution in [2.45, 2.75) is 20.0 Å². The summed E-state index contributed by atoms with van der Waals surface area (Å²) < 4.78 is 0. The third-order valence-electron chi connectivity index (χ3n) is 4.97. The van der Waals surface area contributed by atoms with Crippen LogP contribution in [0.4, 0.5) is 11.4 Å². The molecule has 4 aromatic rings. The predicted octanol–water partition coefficient (Wildman–Crippen LogP) is 5.54. The first kappa shape index (κ1) is 20.0. The second-order valence-electron chi connectivity index (χ2n) is 7.25. The predicted molar refractivity (Wildman–Crippen MR) is 125 cm³/mol. The van der Waals surface area contributed by atoms with Crippen LogP contribution in [0.1, 0.15) is 23.6 Å². The van der Waals surface area contributed by atoms with Crippen molar-refractivity contribution in [3.63, 3.8) is 0 Å². The van der Waals surface area contributed by atoms with E-state index in [9.17, 15) is 5.11 Å². The molecule has 0 spiro atoms. The van der Waals surface area contributed by atoms with Gasteiger partial charge in [-0.15, -0.1) is 0 Å². The molecule has 0 aliphatic rings. The van der Waals surface area contributed by atoms with Crippen LogP contribution < -0.4 is 11.1 Å². The number of hydrogen-bond donors (Lipinski definition) is 4. The van der Waals surface area contributed by atoms with Crippen molar-refractivity contribution in [3.8, 4) is 5.88 Å². The van der Waals surface area contributed by atoms with E-state index < -0.39 is 0 Å². The van der Waals surface area contributed by atoms with Gasteiger partial charge >= 0.3 is 0 Å². The first-order valence-corrected chi connectivity index (χ1v) is 10.1. The fourth-order valence-corrected chi connectivity index (χ4v) is 3.58. The zero-order valence-electron chi connectivity index (χ0n) is 16.6. The van der Waals surface area contributed by atoms with E-state index in [1.54, 1.807) is 6.07 Å². The smallest absolute Gasteiger partial charge is 0.198 e. The summed E-state index contributed by atoms with van der Waals surface area (Å²) in [6.45, 7) is 3.42. The Balaban J connectivity index is 1.45. The molecule has 0 atom stereocenters. The Kier molecular flexibility index (Phi) is 5.74. The molecule has 0 saturated carbocycles. The summed E-state index contributed by atoms with van der Waals surface area (Å²) in [6.07, 6.45) is 0. The van der Waals surface area contributed by atoms with Gasteiger partial charge in [-0.3, -0.25) is 4.99 Å². The number of benzene rings is 3. The minimum absolute atomic E-state index is 0.0971. The van der Waals surface area contributed by atoms with E-state index in [4.69, 9.17) is 17.3 Å². The van der Waals surface area contributed by atoms with Crippen LogP contribution in [0.2, 0.25) is 5.02 Å². The van der Waals surface area contributed by atoms with Crippen molar-refractivity contribution < 1.29 is 5.11 Å². The number of anilines is 1. The summed E-state index contributed by atoms with van der Waals surface area (Å²) in [5.74, 6) is 0.0971. The van der Waals surface area contributed by atoms with Crippen molar-refractivity contribution in [3.05, 3.63) is 88.4 Å². The highest BCUT2D eigenvalue weighted by Gasteiger charge is 2.14. The second-order valence-corrected chi connectivity index (χ2v) is 7.68. The topological polar surface area (TPSA) is 86.4 Å². The molecule has 0 unspecified atom stereocenters. The third-order valence-corrected chi connectivity index (χ3v) is 5.22. The summed E-state index contributed by atoms with van der Waals surface area (Å²) in [6, 6.07) is 21.4. The van der Waals surface area contributed by atoms with Gasteiger partial charge in [0.1, 0.15) is 0 Å². The number of aliphatic imine (C=N–C) groups is 1. The highest BCUT2D eigenvalue weighted by Crippen LogP contribution is 2.30. The van der Waals surface area contributed by atoms with E-state index in [-0.39, 0.29) is 5.88 Å². The average molecular weight is 419 g/mol. The number of hydrogen-bond acceptors (Lipinski definition) is 4. The summed E-state index contributed by atoms with van der Waals surface area (Å²) >= 11 is 5.92. The van der Waals surface area contributed by atoms with Crippen LogP contribution in [-0.4, -0.2) is 15.8 Å². The fraction of sp³-hybridized carbons (Fsp3) is 0.125. The molecule has 0 aliphatic carbocycles. The lowest BCUT2D eigenvalue weighted by Crippen LogP contribution is -2.12. The Morgan fingerprint density at radius 3 is 2.30 bits per heavy atom. The number of aromatic hydroxyl groups is 1. The summed E-state index contributed by atoms with van der Waals surface area (Å²) in [5, 5.41) is 15.4. The molecule has 3 aromatic carbocycles. The van der Waals surface area contributed by atoms with Crippen molar-refractivity contribution in [2.24, 2.45) is 4.99 Å². The highest BCUT2D eigenvalue weighted by molar-refractivity contribution is 6.30. The molecule has 6 heteroatoms. The van der Waals surface area contributed by atoms with Crippen molar-refractivity contribution >= 4 is 39.6 Å². The van der Waals surface area contributed by atoms with Crippen LogP contribution in [0, 0.1) is 0 Å². The number of nitrogens with two attached hydrogens (primary N) is 1. The van der Waals surface area contributed by atoms with E-state index in [1.807, 2.05) is 67.6 Å². The van der Waals surface area contributed by atoms with Gasteiger partial charge in [0.15, 0.2) is 5.88 Å². The number of fused-ring (bicyclic) bond motifs is 1. The minimum Gasteiger partial charge on any atom is -0.494 e. The number of aromatic amines is 1. The maximum atomic E-state index is 10.3. The van der Waals surface area contributed by atoms with E-state index in [1.165, 1.54) is 11.1 Å². The number of nitrogens with one attached hydrogen (secondary N) is 2. The van der Waals surface area contributed by atoms with Crippen LogP contribution in [0.3, 0.4) is 0 Å². The van der Waals surface area contributed by atoms with E-state index in [0.717, 1.165) is 40.4 Å². The molecular weight excluding hydrogens is 396 g/mol. The Bertz CT molecular complexity index is 1190. The van der Waals surface area contributed by atoms with Crippen LogP contribution in [0.15, 0.2) is 71.7 Å². The number of halogens is 1. The van der Waals surface area contributed by atoms with Gasteiger partial charge in [-0.1, -0.05) is 35.9 Å². The highest BCUT2D eigenvalue weighted by atomic mass is 35.5. The summed E-state index contributed by atoms with van der Waals surface area (Å²) in [7, 11) is 0. The molecule has 5 N–H and O–H groups in total. The minimum atomic E-state index is 0.0971. The number of aromatic nitrogens is 1. The number of rotatable bonds is 6. The molecule has 0 saturated heterocycles. The lowest BCUT2D eigenvalue weighted by atomic mass is 10.1. The Hall–Kier alpha value is -3.28. The summed E-state index contributed by atoms with van der Waals surface area (Å²) in [5.41, 5.74) is 12.0. The van der Waals surface area contributed by atoms with Gasteiger partial charge in [0.25, 0.3) is 0 Å². The van der Waals surface area contributed by atoms with Gasteiger partial charge in [0.05, 0.1) is 17.0 Å². The van der Waals surface area contributed by atoms with Gasteiger partial charge < -0.3 is 21.1 Å². The van der Waals surface area contributed by atoms with Crippen LogP contribution in [-0.2, 0) is 13.1 Å². The van der Waals surface area contributed by atoms with E-state index in [0.29, 0.717) is 11.3 Å². The van der Waals surface area contributed by atoms with Gasteiger partial charge in [-0.2, -0.15) is 0 Å². The van der Waals surface area contributed by atoms with Crippen molar-refractivity contribution in [2.75, 3.05) is 5.73 Å². The van der Waals surface area contributed by atoms with Crippen LogP contribution >= 0.6 is 11.6 Å². The quantitative estimate of drug-likeness (QED) is 0.245. The standard InChI is InChI=1S/C24H23ClN4O/c1-15(23-21-12-19(26)8-11-22(21)29-24(23)30)28-20-9-4-17(5-10-20)14-27-13-16-2-6-18(25)7-3-16/h2-12,27,29-30H,13-14,26H2,1H3. The molecular formula is C24H23ClN4O.